The Labute approximate surface area is 428 Å². The summed E-state index contributed by atoms with van der Waals surface area (Å²) < 4.78 is 10.2. The lowest BCUT2D eigenvalue weighted by Crippen LogP contribution is -2.97. The van der Waals surface area contributed by atoms with Gasteiger partial charge in [0.25, 0.3) is 0 Å². The molecule has 0 saturated carbocycles. The maximum Gasteiger partial charge on any atom is 0.343 e. The quantitative estimate of drug-likeness (QED) is 0.0606. The van der Waals surface area contributed by atoms with Crippen LogP contribution in [0.15, 0.2) is 0 Å². The highest BCUT2D eigenvalue weighted by molar-refractivity contribution is 7.65. The molecule has 0 rings (SSSR count). The molecule has 0 aliphatic rings. The third-order valence-electron chi connectivity index (χ3n) is 18.0. The zero-order valence-corrected chi connectivity index (χ0v) is 56.5. The van der Waals surface area contributed by atoms with Gasteiger partial charge in [-0.15, -0.1) is 66.5 Å². The van der Waals surface area contributed by atoms with Crippen LogP contribution in [0.5, 0.6) is 0 Å². The van der Waals surface area contributed by atoms with E-state index in [4.69, 9.17) is 77.9 Å². The molecule has 0 bridgehead atoms. The van der Waals surface area contributed by atoms with Crippen molar-refractivity contribution in [3.8, 4) is 0 Å². The molecule has 3 nitrogen and oxygen atoms in total. The summed E-state index contributed by atoms with van der Waals surface area (Å²) in [5.74, 6) is 0. The Morgan fingerprint density at radius 1 is 0.333 bits per heavy atom. The molecule has 380 valence electrons. The highest BCUT2D eigenvalue weighted by Gasteiger charge is 2.85. The molecule has 2 unspecified atom stereocenters. The fourth-order valence-electron chi connectivity index (χ4n) is 18.5. The van der Waals surface area contributed by atoms with Crippen LogP contribution in [0, 0.1) is 0 Å². The van der Waals surface area contributed by atoms with Crippen molar-refractivity contribution in [2.24, 2.45) is 11.5 Å². The van der Waals surface area contributed by atoms with E-state index in [1.807, 2.05) is 0 Å². The smallest absolute Gasteiger partial charge is 0.343 e. The minimum absolute atomic E-state index is 0.262. The van der Waals surface area contributed by atoms with Crippen LogP contribution in [-0.2, 0) is 4.74 Å². The average Bonchev–Trinajstić information content (AvgIpc) is 3.01. The van der Waals surface area contributed by atoms with Gasteiger partial charge in [0.1, 0.15) is 0 Å². The number of nitrogens with two attached hydrogens (primary N) is 2. The van der Waals surface area contributed by atoms with Gasteiger partial charge in [-0.3, -0.25) is 0 Å². The second-order valence-corrected chi connectivity index (χ2v) is 67.9. The van der Waals surface area contributed by atoms with Crippen LogP contribution in [0.2, 0.25) is 78.6 Å². The SMILES string of the molecule is CCCC(N)(C[Si](Cl)(Cl)Cl)C(OC(C(N)(CCC)C[Si](Cl)(Cl)Cl)([Si](C(C)C)(C(C)C)C(C)C)[Si](C(C)C)(C(C)C)C(C)C)([Si](C(C)C)(C(C)C)C(C)C)[Si](C(C)C)(C(C)C)C(C)C. The first kappa shape index (κ1) is 65.9. The minimum Gasteiger partial charge on any atom is -0.378 e. The summed E-state index contributed by atoms with van der Waals surface area (Å²) in [6.07, 6.45) is 3.06. The van der Waals surface area contributed by atoms with E-state index in [9.17, 15) is 4.74 Å². The summed E-state index contributed by atoms with van der Waals surface area (Å²) in [6.45, 7) is 65.2. The number of rotatable bonds is 28. The molecule has 0 aromatic heterocycles. The van der Waals surface area contributed by atoms with Crippen molar-refractivity contribution in [1.29, 1.82) is 0 Å². The Balaban J connectivity index is 12.1. The van der Waals surface area contributed by atoms with E-state index < -0.39 is 65.1 Å². The first-order chi connectivity index (χ1) is 28.1. The monoisotopic (exact) mass is 1100 g/mol. The molecule has 2 atom stereocenters. The fraction of sp³-hybridized carbons (Fsp3) is 1.00. The second kappa shape index (κ2) is 23.6. The number of hydrogen-bond acceptors (Lipinski definition) is 3. The zero-order chi connectivity index (χ0) is 50.9. The van der Waals surface area contributed by atoms with Gasteiger partial charge in [0.05, 0.1) is 42.0 Å². The van der Waals surface area contributed by atoms with Crippen LogP contribution in [0.1, 0.15) is 206 Å². The van der Waals surface area contributed by atoms with Gasteiger partial charge in [-0.1, -0.05) is 193 Å². The fourth-order valence-corrected chi connectivity index (χ4v) is 74.0. The van der Waals surface area contributed by atoms with Crippen LogP contribution in [0.3, 0.4) is 0 Å². The van der Waals surface area contributed by atoms with Gasteiger partial charge in [-0.2, -0.15) is 0 Å². The van der Waals surface area contributed by atoms with Gasteiger partial charge in [-0.05, 0) is 79.3 Å². The van der Waals surface area contributed by atoms with Crippen molar-refractivity contribution >= 4 is 111 Å². The van der Waals surface area contributed by atoms with Crippen LogP contribution in [0.25, 0.3) is 0 Å². The van der Waals surface area contributed by atoms with Crippen molar-refractivity contribution in [2.45, 2.75) is 305 Å². The molecule has 0 heterocycles. The van der Waals surface area contributed by atoms with Crippen LogP contribution in [0.4, 0.5) is 0 Å². The Hall–Kier alpha value is 2.92. The van der Waals surface area contributed by atoms with Gasteiger partial charge in [0.2, 0.25) is 0 Å². The normalized spacial score (nSPS) is 17.2. The molecule has 0 spiro atoms. The van der Waals surface area contributed by atoms with Crippen molar-refractivity contribution in [1.82, 2.24) is 0 Å². The van der Waals surface area contributed by atoms with E-state index >= 15 is 0 Å². The standard InChI is InChI=1S/C48H106Cl6N2OSi6/c1-27-29-45(55,31-58(49,50)51)47(60(33(3)4,34(5)6)35(7)8,61(36(9)10,37(11)12)38(13)14)57-48(46(56,30-28-2)32-59(52,53)54,62(39(15)16,40(17)18)41(19)20)63(42(21)22,43(23)24)44(25)26/h33-44H,27-32,55-56H2,1-26H3. The number of hydrogen-bond donors (Lipinski definition) is 2. The van der Waals surface area contributed by atoms with E-state index in [-0.39, 0.29) is 66.5 Å². The highest BCUT2D eigenvalue weighted by atomic mass is 35.8. The third-order valence-corrected chi connectivity index (χ3v) is 57.9. The lowest BCUT2D eigenvalue weighted by atomic mass is 9.95. The molecule has 0 fully saturated rings. The Kier molecular flexibility index (Phi) is 24.7. The number of ether oxygens (including phenoxy) is 1. The highest BCUT2D eigenvalue weighted by Crippen LogP contribution is 2.73. The van der Waals surface area contributed by atoms with Crippen molar-refractivity contribution < 1.29 is 4.74 Å². The molecule has 0 aliphatic carbocycles. The van der Waals surface area contributed by atoms with Crippen molar-refractivity contribution in [2.75, 3.05) is 0 Å². The first-order valence-corrected chi connectivity index (χ1v) is 44.9. The first-order valence-electron chi connectivity index (χ1n) is 25.5. The number of halogens is 6. The Morgan fingerprint density at radius 2 is 0.476 bits per heavy atom. The van der Waals surface area contributed by atoms with E-state index in [2.05, 4.69) is 180 Å². The molecule has 0 radical (unpaired) electrons. The van der Waals surface area contributed by atoms with E-state index in [1.54, 1.807) is 0 Å². The minimum atomic E-state index is -3.51. The van der Waals surface area contributed by atoms with Crippen LogP contribution in [-0.4, -0.2) is 65.1 Å². The van der Waals surface area contributed by atoms with Crippen LogP contribution >= 0.6 is 66.5 Å². The predicted octanol–water partition coefficient (Wildman–Crippen LogP) is 19.7. The lowest BCUT2D eigenvalue weighted by Gasteiger charge is -2.80. The maximum absolute atomic E-state index is 10.2. The molecular formula is C48H106Cl6N2OSi6. The molecule has 15 heteroatoms. The molecule has 0 aromatic rings. The summed E-state index contributed by atoms with van der Waals surface area (Å²) in [5, 5.41) is 0. The predicted molar refractivity (Wildman–Crippen MR) is 311 cm³/mol. The Morgan fingerprint density at radius 3 is 0.571 bits per heavy atom. The lowest BCUT2D eigenvalue weighted by molar-refractivity contribution is -0.0854. The molecule has 0 saturated heterocycles. The van der Waals surface area contributed by atoms with Gasteiger partial charge in [0.15, 0.2) is 0 Å². The second-order valence-electron chi connectivity index (χ2n) is 24.4. The van der Waals surface area contributed by atoms with E-state index in [1.165, 1.54) is 0 Å². The molecule has 0 aliphatic heterocycles. The third kappa shape index (κ3) is 10.7. The van der Waals surface area contributed by atoms with Gasteiger partial charge < -0.3 is 16.2 Å². The van der Waals surface area contributed by atoms with Crippen LogP contribution < -0.4 is 11.5 Å². The molecular weight excluding hydrogens is 1000 g/mol. The summed E-state index contributed by atoms with van der Waals surface area (Å²) in [6, 6.07) is -6.39. The topological polar surface area (TPSA) is 61.3 Å². The van der Waals surface area contributed by atoms with Gasteiger partial charge in [-0.25, -0.2) is 0 Å². The summed E-state index contributed by atoms with van der Waals surface area (Å²) in [4.78, 5) is -1.76. The summed E-state index contributed by atoms with van der Waals surface area (Å²) in [7, 11) is -12.3. The zero-order valence-electron chi connectivity index (χ0n) is 46.0. The van der Waals surface area contributed by atoms with E-state index in [0.717, 1.165) is 12.8 Å². The molecule has 4 N–H and O–H groups in total. The Bertz CT molecular complexity index is 1140. The van der Waals surface area contributed by atoms with Crippen molar-refractivity contribution in [3.05, 3.63) is 0 Å². The largest absolute Gasteiger partial charge is 0.378 e. The van der Waals surface area contributed by atoms with Crippen molar-refractivity contribution in [3.63, 3.8) is 0 Å². The average molecular weight is 1110 g/mol. The summed E-state index contributed by atoms with van der Waals surface area (Å²) >= 11 is 45.2. The molecule has 0 aromatic carbocycles. The summed E-state index contributed by atoms with van der Waals surface area (Å²) in [5.41, 5.74) is 19.1. The maximum atomic E-state index is 10.2. The molecule has 63 heavy (non-hydrogen) atoms. The van der Waals surface area contributed by atoms with Gasteiger partial charge >= 0.3 is 12.0 Å². The van der Waals surface area contributed by atoms with Gasteiger partial charge in [0, 0.05) is 23.2 Å². The molecule has 0 amide bonds. The van der Waals surface area contributed by atoms with E-state index in [0.29, 0.717) is 24.9 Å².